The fourth-order valence-corrected chi connectivity index (χ4v) is 5.27. The summed E-state index contributed by atoms with van der Waals surface area (Å²) in [6.45, 7) is 1.89. The second-order valence-electron chi connectivity index (χ2n) is 7.55. The first-order valence-corrected chi connectivity index (χ1v) is 12.7. The van der Waals surface area contributed by atoms with Gasteiger partial charge in [-0.25, -0.2) is 18.1 Å². The van der Waals surface area contributed by atoms with Crippen LogP contribution < -0.4 is 10.0 Å². The summed E-state index contributed by atoms with van der Waals surface area (Å²) >= 11 is 1.33. The number of nitrogens with zero attached hydrogens (tertiary/aromatic N) is 1. The number of anilines is 1. The Morgan fingerprint density at radius 3 is 2.24 bits per heavy atom. The SMILES string of the molecule is Cc1ccc(S(=O)(=O)N[C@H](CC(=O)Nc2nc(-c3ccccc3)cs2)c2ccccc2)cc1. The maximum atomic E-state index is 13.0. The van der Waals surface area contributed by atoms with Crippen LogP contribution in [0.1, 0.15) is 23.6 Å². The van der Waals surface area contributed by atoms with Gasteiger partial charge in [-0.1, -0.05) is 78.4 Å². The molecule has 6 nitrogen and oxygen atoms in total. The fraction of sp³-hybridized carbons (Fsp3) is 0.120. The largest absolute Gasteiger partial charge is 0.302 e. The first kappa shape index (κ1) is 22.8. The average Bonchev–Trinajstić information content (AvgIpc) is 3.28. The lowest BCUT2D eigenvalue weighted by Gasteiger charge is -2.19. The molecule has 0 aliphatic carbocycles. The van der Waals surface area contributed by atoms with Gasteiger partial charge in [0.05, 0.1) is 16.6 Å². The molecule has 1 aromatic heterocycles. The van der Waals surface area contributed by atoms with Gasteiger partial charge in [0.2, 0.25) is 15.9 Å². The van der Waals surface area contributed by atoms with Gasteiger partial charge >= 0.3 is 0 Å². The lowest BCUT2D eigenvalue weighted by atomic mass is 10.0. The van der Waals surface area contributed by atoms with Gasteiger partial charge in [0, 0.05) is 17.4 Å². The highest BCUT2D eigenvalue weighted by atomic mass is 32.2. The van der Waals surface area contributed by atoms with Crippen molar-refractivity contribution in [1.82, 2.24) is 9.71 Å². The minimum Gasteiger partial charge on any atom is -0.302 e. The van der Waals surface area contributed by atoms with E-state index in [2.05, 4.69) is 15.0 Å². The molecule has 0 spiro atoms. The number of thiazole rings is 1. The normalized spacial score (nSPS) is 12.3. The van der Waals surface area contributed by atoms with Crippen LogP contribution in [0.5, 0.6) is 0 Å². The summed E-state index contributed by atoms with van der Waals surface area (Å²) in [5.41, 5.74) is 3.40. The van der Waals surface area contributed by atoms with Gasteiger partial charge in [-0.15, -0.1) is 11.3 Å². The summed E-state index contributed by atoms with van der Waals surface area (Å²) < 4.78 is 28.6. The lowest BCUT2D eigenvalue weighted by Crippen LogP contribution is -2.31. The highest BCUT2D eigenvalue weighted by Gasteiger charge is 2.24. The number of amides is 1. The van der Waals surface area contributed by atoms with E-state index in [4.69, 9.17) is 0 Å². The number of rotatable bonds is 8. The zero-order chi connectivity index (χ0) is 23.3. The lowest BCUT2D eigenvalue weighted by molar-refractivity contribution is -0.116. The molecule has 33 heavy (non-hydrogen) atoms. The fourth-order valence-electron chi connectivity index (χ4n) is 3.31. The Morgan fingerprint density at radius 1 is 0.939 bits per heavy atom. The molecular formula is C25H23N3O3S2. The number of sulfonamides is 1. The molecule has 0 bridgehead atoms. The Bertz CT molecular complexity index is 1320. The van der Waals surface area contributed by atoms with E-state index in [9.17, 15) is 13.2 Å². The van der Waals surface area contributed by atoms with Gasteiger partial charge in [0.1, 0.15) is 0 Å². The van der Waals surface area contributed by atoms with Crippen molar-refractivity contribution in [2.45, 2.75) is 24.3 Å². The zero-order valence-corrected chi connectivity index (χ0v) is 19.6. The number of carbonyl (C=O) groups is 1. The quantitative estimate of drug-likeness (QED) is 0.367. The third-order valence-electron chi connectivity index (χ3n) is 5.04. The van der Waals surface area contributed by atoms with E-state index in [1.54, 1.807) is 36.4 Å². The summed E-state index contributed by atoms with van der Waals surface area (Å²) in [7, 11) is -3.82. The molecule has 0 saturated carbocycles. The van der Waals surface area contributed by atoms with Gasteiger partial charge in [-0.05, 0) is 24.6 Å². The molecular weight excluding hydrogens is 454 g/mol. The van der Waals surface area contributed by atoms with Crippen LogP contribution in [-0.4, -0.2) is 19.3 Å². The van der Waals surface area contributed by atoms with E-state index < -0.39 is 16.1 Å². The standard InChI is InChI=1S/C25H23N3O3S2/c1-18-12-14-21(15-13-18)33(30,31)28-22(19-8-4-2-5-9-19)16-24(29)27-25-26-23(17-32-25)20-10-6-3-7-11-20/h2-15,17,22,28H,16H2,1H3,(H,26,27,29)/t22-/m1/s1. The highest BCUT2D eigenvalue weighted by Crippen LogP contribution is 2.26. The van der Waals surface area contributed by atoms with Gasteiger partial charge in [-0.3, -0.25) is 4.79 Å². The molecule has 168 valence electrons. The van der Waals surface area contributed by atoms with Crippen molar-refractivity contribution in [1.29, 1.82) is 0 Å². The second kappa shape index (κ2) is 10.1. The average molecular weight is 478 g/mol. The van der Waals surface area contributed by atoms with E-state index in [1.807, 2.05) is 60.8 Å². The molecule has 0 fully saturated rings. The molecule has 3 aromatic carbocycles. The molecule has 0 aliphatic heterocycles. The number of benzene rings is 3. The molecule has 2 N–H and O–H groups in total. The monoisotopic (exact) mass is 477 g/mol. The number of hydrogen-bond acceptors (Lipinski definition) is 5. The van der Waals surface area contributed by atoms with Crippen LogP contribution in [0.2, 0.25) is 0 Å². The molecule has 0 saturated heterocycles. The predicted octanol–water partition coefficient (Wildman–Crippen LogP) is 5.17. The summed E-state index contributed by atoms with van der Waals surface area (Å²) in [6.07, 6.45) is -0.0741. The molecule has 8 heteroatoms. The smallest absolute Gasteiger partial charge is 0.241 e. The van der Waals surface area contributed by atoms with Gasteiger partial charge < -0.3 is 5.32 Å². The zero-order valence-electron chi connectivity index (χ0n) is 17.9. The van der Waals surface area contributed by atoms with Crippen LogP contribution in [0.4, 0.5) is 5.13 Å². The molecule has 1 atom stereocenters. The van der Waals surface area contributed by atoms with E-state index in [0.717, 1.165) is 16.8 Å². The highest BCUT2D eigenvalue weighted by molar-refractivity contribution is 7.89. The molecule has 0 unspecified atom stereocenters. The number of aromatic nitrogens is 1. The molecule has 1 amide bonds. The second-order valence-corrected chi connectivity index (χ2v) is 10.1. The van der Waals surface area contributed by atoms with Crippen molar-refractivity contribution in [3.05, 3.63) is 101 Å². The number of aryl methyl sites for hydroxylation is 1. The number of hydrogen-bond donors (Lipinski definition) is 2. The number of nitrogens with one attached hydrogen (secondary N) is 2. The van der Waals surface area contributed by atoms with Crippen LogP contribution in [0.25, 0.3) is 11.3 Å². The van der Waals surface area contributed by atoms with Crippen molar-refractivity contribution < 1.29 is 13.2 Å². The van der Waals surface area contributed by atoms with Crippen molar-refractivity contribution >= 4 is 32.4 Å². The van der Waals surface area contributed by atoms with Crippen molar-refractivity contribution in [2.24, 2.45) is 0 Å². The molecule has 1 heterocycles. The molecule has 4 aromatic rings. The van der Waals surface area contributed by atoms with Crippen LogP contribution >= 0.6 is 11.3 Å². The van der Waals surface area contributed by atoms with Crippen LogP contribution in [0.3, 0.4) is 0 Å². The first-order valence-electron chi connectivity index (χ1n) is 10.4. The minimum absolute atomic E-state index is 0.0741. The topological polar surface area (TPSA) is 88.2 Å². The third kappa shape index (κ3) is 5.92. The van der Waals surface area contributed by atoms with Crippen molar-refractivity contribution in [3.8, 4) is 11.3 Å². The van der Waals surface area contributed by atoms with Crippen molar-refractivity contribution in [3.63, 3.8) is 0 Å². The van der Waals surface area contributed by atoms with Crippen LogP contribution in [0, 0.1) is 6.92 Å². The Hall–Kier alpha value is -3.33. The first-order chi connectivity index (χ1) is 15.9. The maximum absolute atomic E-state index is 13.0. The minimum atomic E-state index is -3.82. The number of carbonyl (C=O) groups excluding carboxylic acids is 1. The Balaban J connectivity index is 1.51. The van der Waals surface area contributed by atoms with Crippen molar-refractivity contribution in [2.75, 3.05) is 5.32 Å². The van der Waals surface area contributed by atoms with E-state index in [1.165, 1.54) is 11.3 Å². The van der Waals surface area contributed by atoms with E-state index in [-0.39, 0.29) is 17.2 Å². The summed E-state index contributed by atoms with van der Waals surface area (Å²) in [5, 5.41) is 5.14. The van der Waals surface area contributed by atoms with Crippen LogP contribution in [0.15, 0.2) is 95.2 Å². The maximum Gasteiger partial charge on any atom is 0.241 e. The van der Waals surface area contributed by atoms with Crippen LogP contribution in [-0.2, 0) is 14.8 Å². The van der Waals surface area contributed by atoms with Gasteiger partial charge in [0.15, 0.2) is 5.13 Å². The Kier molecular flexibility index (Phi) is 6.98. The van der Waals surface area contributed by atoms with Gasteiger partial charge in [0.25, 0.3) is 0 Å². The Morgan fingerprint density at radius 2 is 1.58 bits per heavy atom. The van der Waals surface area contributed by atoms with E-state index >= 15 is 0 Å². The Labute approximate surface area is 197 Å². The molecule has 0 aliphatic rings. The molecule has 4 rings (SSSR count). The predicted molar refractivity (Wildman–Crippen MR) is 131 cm³/mol. The van der Waals surface area contributed by atoms with Gasteiger partial charge in [-0.2, -0.15) is 0 Å². The summed E-state index contributed by atoms with van der Waals surface area (Å²) in [5.74, 6) is -0.329. The third-order valence-corrected chi connectivity index (χ3v) is 7.29. The molecule has 0 radical (unpaired) electrons. The summed E-state index contributed by atoms with van der Waals surface area (Å²) in [6, 6.07) is 24.6. The van der Waals surface area contributed by atoms with E-state index in [0.29, 0.717) is 10.7 Å². The summed E-state index contributed by atoms with van der Waals surface area (Å²) in [4.78, 5) is 17.5.